The van der Waals surface area contributed by atoms with E-state index in [1.807, 2.05) is 26.8 Å². The Labute approximate surface area is 133 Å². The van der Waals surface area contributed by atoms with Gasteiger partial charge in [-0.1, -0.05) is 11.6 Å². The van der Waals surface area contributed by atoms with Gasteiger partial charge in [0.25, 0.3) is 0 Å². The quantitative estimate of drug-likeness (QED) is 0.845. The average molecular weight is 323 g/mol. The van der Waals surface area contributed by atoms with Gasteiger partial charge in [0.15, 0.2) is 10.8 Å². The van der Waals surface area contributed by atoms with E-state index >= 15 is 0 Å². The zero-order valence-corrected chi connectivity index (χ0v) is 13.6. The Bertz CT molecular complexity index is 720. The lowest BCUT2D eigenvalue weighted by molar-refractivity contribution is 0.0500. The van der Waals surface area contributed by atoms with Gasteiger partial charge in [0.2, 0.25) is 0 Å². The molecule has 1 unspecified atom stereocenters. The molecule has 0 aromatic carbocycles. The molecule has 2 aromatic heterocycles. The molecule has 0 radical (unpaired) electrons. The lowest BCUT2D eigenvalue weighted by Crippen LogP contribution is -2.41. The second-order valence-corrected chi connectivity index (χ2v) is 6.98. The molecule has 1 amide bonds. The molecule has 0 spiro atoms. The van der Waals surface area contributed by atoms with Crippen molar-refractivity contribution in [3.05, 3.63) is 22.5 Å². The molecule has 0 bridgehead atoms. The third-order valence-electron chi connectivity index (χ3n) is 3.64. The van der Waals surface area contributed by atoms with Crippen LogP contribution in [-0.2, 0) is 17.6 Å². The van der Waals surface area contributed by atoms with Crippen molar-refractivity contribution in [1.82, 2.24) is 20.5 Å². The minimum Gasteiger partial charge on any atom is -0.444 e. The second-order valence-electron chi connectivity index (χ2n) is 6.60. The van der Waals surface area contributed by atoms with Gasteiger partial charge in [0.1, 0.15) is 5.60 Å². The number of hydrogen-bond donors (Lipinski definition) is 2. The molecule has 0 aliphatic heterocycles. The summed E-state index contributed by atoms with van der Waals surface area (Å²) in [5.41, 5.74) is 2.55. The fourth-order valence-electron chi connectivity index (χ4n) is 2.78. The fraction of sp³-hybridized carbons (Fsp3) is 0.533. The topological polar surface area (TPSA) is 79.9 Å². The Morgan fingerprint density at radius 3 is 2.95 bits per heavy atom. The highest BCUT2D eigenvalue weighted by atomic mass is 35.5. The molecule has 0 fully saturated rings. The molecule has 22 heavy (non-hydrogen) atoms. The number of fused-ring (bicyclic) bond motifs is 3. The number of aromatic nitrogens is 3. The van der Waals surface area contributed by atoms with E-state index in [-0.39, 0.29) is 12.1 Å². The van der Waals surface area contributed by atoms with Gasteiger partial charge in [-0.15, -0.1) is 10.2 Å². The number of alkyl carbamates (subject to hydrolysis) is 1. The highest BCUT2D eigenvalue weighted by Gasteiger charge is 2.26. The summed E-state index contributed by atoms with van der Waals surface area (Å²) in [6.07, 6.45) is 2.07. The Morgan fingerprint density at radius 2 is 2.23 bits per heavy atom. The molecule has 3 rings (SSSR count). The normalized spacial score (nSPS) is 18.1. The van der Waals surface area contributed by atoms with Crippen LogP contribution in [0.4, 0.5) is 4.79 Å². The zero-order chi connectivity index (χ0) is 15.9. The van der Waals surface area contributed by atoms with Crippen molar-refractivity contribution in [2.24, 2.45) is 0 Å². The number of aromatic amines is 1. The second kappa shape index (κ2) is 5.43. The largest absolute Gasteiger partial charge is 0.444 e. The Morgan fingerprint density at radius 1 is 1.45 bits per heavy atom. The number of nitrogens with one attached hydrogen (secondary N) is 2. The van der Waals surface area contributed by atoms with Gasteiger partial charge in [-0.25, -0.2) is 4.79 Å². The maximum Gasteiger partial charge on any atom is 0.407 e. The van der Waals surface area contributed by atoms with Crippen LogP contribution in [0.25, 0.3) is 11.0 Å². The van der Waals surface area contributed by atoms with Crippen molar-refractivity contribution in [1.29, 1.82) is 0 Å². The van der Waals surface area contributed by atoms with Gasteiger partial charge in [-0.05, 0) is 51.7 Å². The first-order valence-electron chi connectivity index (χ1n) is 7.34. The monoisotopic (exact) mass is 322 g/mol. The number of H-pyrrole nitrogens is 1. The maximum absolute atomic E-state index is 11.9. The van der Waals surface area contributed by atoms with Crippen molar-refractivity contribution in [3.63, 3.8) is 0 Å². The van der Waals surface area contributed by atoms with Gasteiger partial charge >= 0.3 is 6.09 Å². The summed E-state index contributed by atoms with van der Waals surface area (Å²) in [6.45, 7) is 5.56. The average Bonchev–Trinajstić information content (AvgIpc) is 2.74. The molecule has 1 aliphatic carbocycles. The fourth-order valence-corrected chi connectivity index (χ4v) is 2.93. The summed E-state index contributed by atoms with van der Waals surface area (Å²) in [5.74, 6) is 0. The van der Waals surface area contributed by atoms with Crippen LogP contribution in [0.2, 0.25) is 5.15 Å². The van der Waals surface area contributed by atoms with E-state index in [2.05, 4.69) is 20.5 Å². The number of ether oxygens (including phenoxy) is 1. The minimum absolute atomic E-state index is 0.0493. The summed E-state index contributed by atoms with van der Waals surface area (Å²) in [4.78, 5) is 15.2. The van der Waals surface area contributed by atoms with Crippen molar-refractivity contribution >= 4 is 28.7 Å². The first kappa shape index (κ1) is 15.1. The van der Waals surface area contributed by atoms with E-state index in [4.69, 9.17) is 16.3 Å². The van der Waals surface area contributed by atoms with Crippen LogP contribution in [0.3, 0.4) is 0 Å². The molecule has 1 atom stereocenters. The Hall–Kier alpha value is -1.82. The third-order valence-corrected chi connectivity index (χ3v) is 3.82. The van der Waals surface area contributed by atoms with E-state index in [0.29, 0.717) is 5.15 Å². The van der Waals surface area contributed by atoms with E-state index < -0.39 is 5.60 Å². The molecule has 0 saturated carbocycles. The van der Waals surface area contributed by atoms with Gasteiger partial charge < -0.3 is 15.0 Å². The number of rotatable bonds is 1. The standard InChI is InChI=1S/C15H19ClN4O2/c1-15(2,3)22-14(21)17-8-4-5-11-9(6-8)10-7-12(16)19-20-13(10)18-11/h7-8H,4-6H2,1-3H3,(H,17,21)(H,18,20). The molecule has 6 nitrogen and oxygen atoms in total. The molecule has 0 saturated heterocycles. The summed E-state index contributed by atoms with van der Waals surface area (Å²) in [7, 11) is 0. The third kappa shape index (κ3) is 3.16. The van der Waals surface area contributed by atoms with Crippen LogP contribution in [0.1, 0.15) is 38.4 Å². The van der Waals surface area contributed by atoms with Crippen molar-refractivity contribution < 1.29 is 9.53 Å². The predicted octanol–water partition coefficient (Wildman–Crippen LogP) is 2.99. The van der Waals surface area contributed by atoms with E-state index in [1.54, 1.807) is 0 Å². The lowest BCUT2D eigenvalue weighted by Gasteiger charge is -2.26. The van der Waals surface area contributed by atoms with Crippen molar-refractivity contribution in [3.8, 4) is 0 Å². The molecule has 1 aliphatic rings. The molecular weight excluding hydrogens is 304 g/mol. The number of hydrogen-bond acceptors (Lipinski definition) is 4. The number of aryl methyl sites for hydroxylation is 1. The highest BCUT2D eigenvalue weighted by Crippen LogP contribution is 2.29. The van der Waals surface area contributed by atoms with Crippen LogP contribution in [0.5, 0.6) is 0 Å². The summed E-state index contributed by atoms with van der Waals surface area (Å²) < 4.78 is 5.32. The molecule has 2 N–H and O–H groups in total. The lowest BCUT2D eigenvalue weighted by atomic mass is 9.92. The van der Waals surface area contributed by atoms with Gasteiger partial charge in [0.05, 0.1) is 0 Å². The number of amides is 1. The molecule has 2 aromatic rings. The first-order valence-corrected chi connectivity index (χ1v) is 7.72. The van der Waals surface area contributed by atoms with E-state index in [0.717, 1.165) is 41.6 Å². The molecule has 7 heteroatoms. The van der Waals surface area contributed by atoms with Crippen LogP contribution >= 0.6 is 11.6 Å². The predicted molar refractivity (Wildman–Crippen MR) is 84.1 cm³/mol. The smallest absolute Gasteiger partial charge is 0.407 e. The number of carbonyl (C=O) groups is 1. The first-order chi connectivity index (χ1) is 10.3. The number of halogens is 1. The SMILES string of the molecule is CC(C)(C)OC(=O)NC1CCc2[nH]c3nnc(Cl)cc3c2C1. The number of carbonyl (C=O) groups excluding carboxylic acids is 1. The van der Waals surface area contributed by atoms with Gasteiger partial charge in [-0.3, -0.25) is 0 Å². The summed E-state index contributed by atoms with van der Waals surface area (Å²) in [5, 5.41) is 12.2. The number of nitrogens with zero attached hydrogens (tertiary/aromatic N) is 2. The summed E-state index contributed by atoms with van der Waals surface area (Å²) >= 11 is 5.93. The van der Waals surface area contributed by atoms with Crippen LogP contribution in [0, 0.1) is 0 Å². The van der Waals surface area contributed by atoms with Gasteiger partial charge in [0, 0.05) is 17.1 Å². The minimum atomic E-state index is -0.492. The van der Waals surface area contributed by atoms with Crippen LogP contribution < -0.4 is 5.32 Å². The Kier molecular flexibility index (Phi) is 3.72. The van der Waals surface area contributed by atoms with Gasteiger partial charge in [-0.2, -0.15) is 0 Å². The van der Waals surface area contributed by atoms with Crippen LogP contribution in [-0.4, -0.2) is 32.9 Å². The zero-order valence-electron chi connectivity index (χ0n) is 12.9. The summed E-state index contributed by atoms with van der Waals surface area (Å²) in [6, 6.07) is 1.86. The highest BCUT2D eigenvalue weighted by molar-refractivity contribution is 6.29. The molecular formula is C15H19ClN4O2. The van der Waals surface area contributed by atoms with Crippen LogP contribution in [0.15, 0.2) is 6.07 Å². The Balaban J connectivity index is 1.77. The van der Waals surface area contributed by atoms with Crippen molar-refractivity contribution in [2.45, 2.75) is 51.7 Å². The van der Waals surface area contributed by atoms with E-state index in [9.17, 15) is 4.79 Å². The molecule has 2 heterocycles. The van der Waals surface area contributed by atoms with E-state index in [1.165, 1.54) is 0 Å². The maximum atomic E-state index is 11.9. The molecule has 118 valence electrons. The van der Waals surface area contributed by atoms with Crippen molar-refractivity contribution in [2.75, 3.05) is 0 Å².